The van der Waals surface area contributed by atoms with Crippen LogP contribution in [0.1, 0.15) is 30.1 Å². The molecule has 2 rings (SSSR count). The Morgan fingerprint density at radius 2 is 2.22 bits per heavy atom. The van der Waals surface area contributed by atoms with E-state index >= 15 is 0 Å². The Morgan fingerprint density at radius 3 is 2.78 bits per heavy atom. The van der Waals surface area contributed by atoms with Gasteiger partial charge in [0.1, 0.15) is 17.1 Å². The molecule has 1 saturated heterocycles. The number of hydrogen-bond acceptors (Lipinski definition) is 3. The third kappa shape index (κ3) is 2.18. The van der Waals surface area contributed by atoms with Crippen LogP contribution in [0.5, 0.6) is 5.75 Å². The van der Waals surface area contributed by atoms with Crippen LogP contribution in [-0.2, 0) is 0 Å². The molecule has 0 bridgehead atoms. The molecule has 1 aromatic carbocycles. The quantitative estimate of drug-likeness (QED) is 0.856. The van der Waals surface area contributed by atoms with Gasteiger partial charge in [-0.05, 0) is 18.6 Å². The second kappa shape index (κ2) is 4.57. The van der Waals surface area contributed by atoms with Gasteiger partial charge in [0.25, 0.3) is 5.91 Å². The maximum atomic E-state index is 13.5. The summed E-state index contributed by atoms with van der Waals surface area (Å²) in [5.74, 6) is -1.53. The molecule has 4 nitrogen and oxygen atoms in total. The summed E-state index contributed by atoms with van der Waals surface area (Å²) >= 11 is 0. The highest BCUT2D eigenvalue weighted by atomic mass is 19.1. The van der Waals surface area contributed by atoms with Crippen molar-refractivity contribution in [3.63, 3.8) is 0 Å². The number of likely N-dealkylation sites (tertiary alicyclic amines) is 1. The van der Waals surface area contributed by atoms with E-state index in [1.54, 1.807) is 0 Å². The normalized spacial score (nSPS) is 17.4. The molecule has 0 aromatic heterocycles. The number of nitrogens with zero attached hydrogens (tertiary/aromatic N) is 1. The van der Waals surface area contributed by atoms with Gasteiger partial charge >= 0.3 is 0 Å². The molecule has 98 valence electrons. The van der Waals surface area contributed by atoms with Crippen LogP contribution in [0.2, 0.25) is 0 Å². The molecule has 0 unspecified atom stereocenters. The van der Waals surface area contributed by atoms with Gasteiger partial charge < -0.3 is 15.7 Å². The number of phenols is 1. The van der Waals surface area contributed by atoms with E-state index in [0.717, 1.165) is 18.9 Å². The third-order valence-corrected chi connectivity index (χ3v) is 3.25. The number of benzene rings is 1. The van der Waals surface area contributed by atoms with Gasteiger partial charge in [0.15, 0.2) is 0 Å². The molecular weight excluding hydrogens is 235 g/mol. The van der Waals surface area contributed by atoms with E-state index in [1.807, 2.05) is 6.92 Å². The van der Waals surface area contributed by atoms with Crippen molar-refractivity contribution < 1.29 is 14.3 Å². The van der Waals surface area contributed by atoms with Crippen molar-refractivity contribution in [3.05, 3.63) is 29.6 Å². The minimum absolute atomic E-state index is 0.268. The zero-order chi connectivity index (χ0) is 13.3. The van der Waals surface area contributed by atoms with Crippen LogP contribution in [0.3, 0.4) is 0 Å². The molecule has 0 radical (unpaired) electrons. The molecule has 0 aliphatic carbocycles. The summed E-state index contributed by atoms with van der Waals surface area (Å²) in [5, 5.41) is 9.54. The molecular formula is C13H17FN2O2. The Bertz CT molecular complexity index is 450. The monoisotopic (exact) mass is 252 g/mol. The van der Waals surface area contributed by atoms with E-state index in [0.29, 0.717) is 13.1 Å². The van der Waals surface area contributed by atoms with Crippen molar-refractivity contribution in [1.82, 2.24) is 4.90 Å². The van der Waals surface area contributed by atoms with Crippen LogP contribution < -0.4 is 5.73 Å². The number of halogens is 1. The zero-order valence-corrected chi connectivity index (χ0v) is 10.3. The summed E-state index contributed by atoms with van der Waals surface area (Å²) in [7, 11) is 0. The van der Waals surface area contributed by atoms with Gasteiger partial charge in [0, 0.05) is 13.1 Å². The summed E-state index contributed by atoms with van der Waals surface area (Å²) in [6.07, 6.45) is 1.78. The molecule has 5 heteroatoms. The number of nitrogens with two attached hydrogens (primary N) is 1. The van der Waals surface area contributed by atoms with Gasteiger partial charge in [0.05, 0.1) is 5.54 Å². The molecule has 18 heavy (non-hydrogen) atoms. The third-order valence-electron chi connectivity index (χ3n) is 3.25. The van der Waals surface area contributed by atoms with Crippen LogP contribution in [0.4, 0.5) is 4.39 Å². The van der Waals surface area contributed by atoms with Gasteiger partial charge in [-0.15, -0.1) is 0 Å². The number of carbonyl (C=O) groups is 1. The first-order valence-corrected chi connectivity index (χ1v) is 6.02. The summed E-state index contributed by atoms with van der Waals surface area (Å²) in [6, 6.07) is 3.83. The maximum absolute atomic E-state index is 13.5. The van der Waals surface area contributed by atoms with Gasteiger partial charge in [-0.2, -0.15) is 0 Å². The Balaban J connectivity index is 2.11. The molecule has 0 spiro atoms. The Hall–Kier alpha value is -1.62. The lowest BCUT2D eigenvalue weighted by Gasteiger charge is -2.47. The molecule has 3 N–H and O–H groups in total. The zero-order valence-electron chi connectivity index (χ0n) is 10.3. The minimum Gasteiger partial charge on any atom is -0.507 e. The lowest BCUT2D eigenvalue weighted by Crippen LogP contribution is -2.68. The lowest BCUT2D eigenvalue weighted by molar-refractivity contribution is 0.0379. The van der Waals surface area contributed by atoms with Gasteiger partial charge in [-0.3, -0.25) is 4.79 Å². The lowest BCUT2D eigenvalue weighted by atomic mass is 9.86. The topological polar surface area (TPSA) is 66.6 Å². The fraction of sp³-hybridized carbons (Fsp3) is 0.462. The molecule has 1 heterocycles. The first kappa shape index (κ1) is 12.8. The Labute approximate surface area is 105 Å². The molecule has 0 saturated carbocycles. The standard InChI is InChI=1S/C13H17FN2O2/c1-2-6-13(15)7-16(8-13)12(18)11-9(14)4-3-5-10(11)17/h3-5,17H,2,6-8,15H2,1H3. The molecule has 1 aliphatic rings. The van der Waals surface area contributed by atoms with E-state index in [9.17, 15) is 14.3 Å². The maximum Gasteiger partial charge on any atom is 0.260 e. The molecule has 1 aromatic rings. The summed E-state index contributed by atoms with van der Waals surface area (Å²) in [6.45, 7) is 2.85. The Kier molecular flexibility index (Phi) is 3.26. The van der Waals surface area contributed by atoms with E-state index < -0.39 is 11.7 Å². The minimum atomic E-state index is -0.704. The smallest absolute Gasteiger partial charge is 0.260 e. The fourth-order valence-electron chi connectivity index (χ4n) is 2.40. The number of rotatable bonds is 3. The van der Waals surface area contributed by atoms with E-state index in [1.165, 1.54) is 17.0 Å². The second-order valence-corrected chi connectivity index (χ2v) is 4.91. The summed E-state index contributed by atoms with van der Waals surface area (Å²) in [5.41, 5.74) is 5.42. The second-order valence-electron chi connectivity index (χ2n) is 4.91. The van der Waals surface area contributed by atoms with Crippen LogP contribution in [0.25, 0.3) is 0 Å². The van der Waals surface area contributed by atoms with Crippen molar-refractivity contribution in [1.29, 1.82) is 0 Å². The van der Waals surface area contributed by atoms with Gasteiger partial charge in [0.2, 0.25) is 0 Å². The van der Waals surface area contributed by atoms with Gasteiger partial charge in [-0.25, -0.2) is 4.39 Å². The van der Waals surface area contributed by atoms with E-state index in [-0.39, 0.29) is 16.9 Å². The predicted molar refractivity (Wildman–Crippen MR) is 65.8 cm³/mol. The van der Waals surface area contributed by atoms with E-state index in [2.05, 4.69) is 0 Å². The van der Waals surface area contributed by atoms with Crippen molar-refractivity contribution in [2.45, 2.75) is 25.3 Å². The van der Waals surface area contributed by atoms with Crippen molar-refractivity contribution >= 4 is 5.91 Å². The first-order chi connectivity index (χ1) is 8.47. The number of hydrogen-bond donors (Lipinski definition) is 2. The van der Waals surface area contributed by atoms with Crippen LogP contribution in [0, 0.1) is 5.82 Å². The first-order valence-electron chi connectivity index (χ1n) is 6.02. The van der Waals surface area contributed by atoms with Gasteiger partial charge in [-0.1, -0.05) is 19.4 Å². The van der Waals surface area contributed by atoms with E-state index in [4.69, 9.17) is 5.73 Å². The summed E-state index contributed by atoms with van der Waals surface area (Å²) in [4.78, 5) is 13.5. The highest BCUT2D eigenvalue weighted by Gasteiger charge is 2.42. The van der Waals surface area contributed by atoms with Crippen LogP contribution in [-0.4, -0.2) is 34.5 Å². The van der Waals surface area contributed by atoms with Crippen LogP contribution in [0.15, 0.2) is 18.2 Å². The number of phenolic OH excluding ortho intramolecular Hbond substituents is 1. The summed E-state index contributed by atoms with van der Waals surface area (Å²) < 4.78 is 13.5. The highest BCUT2D eigenvalue weighted by Crippen LogP contribution is 2.28. The van der Waals surface area contributed by atoms with Crippen molar-refractivity contribution in [3.8, 4) is 5.75 Å². The molecule has 0 atom stereocenters. The van der Waals surface area contributed by atoms with Crippen LogP contribution >= 0.6 is 0 Å². The average molecular weight is 252 g/mol. The number of carbonyl (C=O) groups excluding carboxylic acids is 1. The predicted octanol–water partition coefficient (Wildman–Crippen LogP) is 1.48. The van der Waals surface area contributed by atoms with Crippen molar-refractivity contribution in [2.24, 2.45) is 5.73 Å². The average Bonchev–Trinajstić information content (AvgIpc) is 2.25. The fourth-order valence-corrected chi connectivity index (χ4v) is 2.40. The Morgan fingerprint density at radius 1 is 1.56 bits per heavy atom. The molecule has 1 amide bonds. The van der Waals surface area contributed by atoms with Crippen molar-refractivity contribution in [2.75, 3.05) is 13.1 Å². The molecule has 1 fully saturated rings. The largest absolute Gasteiger partial charge is 0.507 e. The number of aromatic hydroxyl groups is 1. The highest BCUT2D eigenvalue weighted by molar-refractivity contribution is 5.97. The number of amides is 1. The SMILES string of the molecule is CCCC1(N)CN(C(=O)c2c(O)cccc2F)C1. The molecule has 1 aliphatic heterocycles.